The number of rotatable bonds is 23. The molecule has 0 aliphatic heterocycles. The van der Waals surface area contributed by atoms with Crippen molar-refractivity contribution in [1.82, 2.24) is 0 Å². The largest absolute Gasteiger partial charge is 0.509 e. The molecular weight excluding hydrogens is 687 g/mol. The van der Waals surface area contributed by atoms with Gasteiger partial charge in [-0.25, -0.2) is 14.2 Å². The molecule has 0 amide bonds. The number of phosphoric ester groups is 1. The summed E-state index contributed by atoms with van der Waals surface area (Å²) in [6.45, 7) is 13.1. The Labute approximate surface area is 298 Å². The second-order valence-electron chi connectivity index (χ2n) is 10.6. The monoisotopic (exact) mass is 732 g/mol. The van der Waals surface area contributed by atoms with Crippen LogP contribution in [0.4, 0.5) is 9.59 Å². The fraction of sp³-hybridized carbons (Fsp3) is 0.389. The number of ether oxygens (including phenoxy) is 8. The van der Waals surface area contributed by atoms with E-state index in [0.29, 0.717) is 11.1 Å². The van der Waals surface area contributed by atoms with Gasteiger partial charge in [0.25, 0.3) is 0 Å². The first-order valence-electron chi connectivity index (χ1n) is 15.9. The van der Waals surface area contributed by atoms with Gasteiger partial charge in [-0.05, 0) is 11.1 Å². The van der Waals surface area contributed by atoms with E-state index in [2.05, 4.69) is 26.3 Å². The minimum atomic E-state index is -4.62. The molecular formula is C36H45O14P. The molecule has 1 aliphatic carbocycles. The zero-order valence-electron chi connectivity index (χ0n) is 28.5. The summed E-state index contributed by atoms with van der Waals surface area (Å²) in [5.74, 6) is 0. The van der Waals surface area contributed by atoms with E-state index in [0.717, 1.165) is 0 Å². The summed E-state index contributed by atoms with van der Waals surface area (Å²) in [6.07, 6.45) is -5.36. The molecule has 2 aromatic carbocycles. The second kappa shape index (κ2) is 22.7. The second-order valence-corrected chi connectivity index (χ2v) is 12.2. The van der Waals surface area contributed by atoms with Crippen LogP contribution in [0.5, 0.6) is 0 Å². The van der Waals surface area contributed by atoms with Crippen LogP contribution in [0.1, 0.15) is 11.1 Å². The van der Waals surface area contributed by atoms with E-state index in [1.165, 1.54) is 31.4 Å². The van der Waals surface area contributed by atoms with Crippen molar-refractivity contribution in [2.24, 2.45) is 0 Å². The Morgan fingerprint density at radius 3 is 1.45 bits per heavy atom. The number of methoxy groups -OCH3 is 1. The van der Waals surface area contributed by atoms with Crippen LogP contribution < -0.4 is 0 Å². The summed E-state index contributed by atoms with van der Waals surface area (Å²) in [7, 11) is -3.25. The Hall–Kier alpha value is -4.11. The average Bonchev–Trinajstić information content (AvgIpc) is 3.15. The Morgan fingerprint density at radius 1 is 0.608 bits per heavy atom. The van der Waals surface area contributed by atoms with E-state index in [1.807, 2.05) is 12.1 Å². The third-order valence-electron chi connectivity index (χ3n) is 6.95. The van der Waals surface area contributed by atoms with Crippen molar-refractivity contribution in [2.75, 3.05) is 40.3 Å². The Balaban J connectivity index is 2.16. The van der Waals surface area contributed by atoms with Crippen LogP contribution in [0, 0.1) is 0 Å². The summed E-state index contributed by atoms with van der Waals surface area (Å²) in [6, 6.07) is 17.8. The lowest BCUT2D eigenvalue weighted by Crippen LogP contribution is -2.68. The Bertz CT molecular complexity index is 1370. The zero-order valence-corrected chi connectivity index (χ0v) is 29.4. The minimum absolute atomic E-state index is 0.0838. The van der Waals surface area contributed by atoms with E-state index in [1.54, 1.807) is 48.5 Å². The highest BCUT2D eigenvalue weighted by Gasteiger charge is 2.59. The standard InChI is InChI=1S/C36H45O14P/c1-6-20-41-29-30(45-26-40-5)34(50-51(39,46-24-27-16-12-10-13-17-27)47-25-28-18-14-11-15-19-28)33(49-36(38)44-23-9-4)31(42-21-7-2)32(29)48-35(37)43-22-8-3/h6-19,29-34H,1-4,20-26H2,5H3/t29-,30+,31-,32+,33+,34+/m0/s1. The molecule has 6 atom stereocenters. The fourth-order valence-electron chi connectivity index (χ4n) is 4.83. The Kier molecular flexibility index (Phi) is 18.4. The van der Waals surface area contributed by atoms with Crippen molar-refractivity contribution in [3.05, 3.63) is 122 Å². The highest BCUT2D eigenvalue weighted by molar-refractivity contribution is 7.48. The molecule has 51 heavy (non-hydrogen) atoms. The maximum atomic E-state index is 14.7. The lowest BCUT2D eigenvalue weighted by Gasteiger charge is -2.48. The predicted molar refractivity (Wildman–Crippen MR) is 184 cm³/mol. The van der Waals surface area contributed by atoms with Gasteiger partial charge in [0, 0.05) is 7.11 Å². The molecule has 2 aromatic rings. The van der Waals surface area contributed by atoms with Crippen molar-refractivity contribution in [3.63, 3.8) is 0 Å². The Morgan fingerprint density at radius 2 is 1.02 bits per heavy atom. The fourth-order valence-corrected chi connectivity index (χ4v) is 6.18. The maximum absolute atomic E-state index is 14.7. The van der Waals surface area contributed by atoms with Gasteiger partial charge in [0.05, 0.1) is 26.4 Å². The van der Waals surface area contributed by atoms with E-state index in [9.17, 15) is 14.2 Å². The van der Waals surface area contributed by atoms with Gasteiger partial charge in [0.15, 0.2) is 12.2 Å². The van der Waals surface area contributed by atoms with E-state index in [-0.39, 0.29) is 46.4 Å². The topological polar surface area (TPSA) is 153 Å². The van der Waals surface area contributed by atoms with E-state index >= 15 is 0 Å². The van der Waals surface area contributed by atoms with Crippen LogP contribution in [-0.4, -0.2) is 89.3 Å². The molecule has 3 rings (SSSR count). The van der Waals surface area contributed by atoms with Gasteiger partial charge < -0.3 is 37.9 Å². The summed E-state index contributed by atoms with van der Waals surface area (Å²) >= 11 is 0. The molecule has 1 fully saturated rings. The van der Waals surface area contributed by atoms with Crippen LogP contribution in [0.25, 0.3) is 0 Å². The predicted octanol–water partition coefficient (Wildman–Crippen LogP) is 6.47. The number of benzene rings is 2. The molecule has 1 aliphatic rings. The zero-order chi connectivity index (χ0) is 36.9. The molecule has 0 unspecified atom stereocenters. The normalized spacial score (nSPS) is 21.5. The maximum Gasteiger partial charge on any atom is 0.509 e. The molecule has 278 valence electrons. The van der Waals surface area contributed by atoms with Crippen LogP contribution >= 0.6 is 7.82 Å². The quantitative estimate of drug-likeness (QED) is 0.0531. The van der Waals surface area contributed by atoms with Gasteiger partial charge in [-0.3, -0.25) is 13.6 Å². The lowest BCUT2D eigenvalue weighted by molar-refractivity contribution is -0.264. The van der Waals surface area contributed by atoms with Crippen molar-refractivity contribution in [2.45, 2.75) is 49.8 Å². The molecule has 0 spiro atoms. The molecule has 0 aromatic heterocycles. The highest BCUT2D eigenvalue weighted by Crippen LogP contribution is 2.54. The molecule has 0 N–H and O–H groups in total. The third kappa shape index (κ3) is 13.5. The van der Waals surface area contributed by atoms with Gasteiger partial charge in [-0.15, -0.1) is 13.2 Å². The van der Waals surface area contributed by atoms with E-state index < -0.39 is 56.8 Å². The summed E-state index contributed by atoms with van der Waals surface area (Å²) < 4.78 is 77.9. The number of carbonyl (C=O) groups is 2. The van der Waals surface area contributed by atoms with Crippen LogP contribution in [0.3, 0.4) is 0 Å². The smallest absolute Gasteiger partial charge is 0.430 e. The molecule has 0 saturated heterocycles. The van der Waals surface area contributed by atoms with Gasteiger partial charge in [0.2, 0.25) is 0 Å². The van der Waals surface area contributed by atoms with Gasteiger partial charge in [-0.1, -0.05) is 98.1 Å². The molecule has 0 heterocycles. The van der Waals surface area contributed by atoms with Crippen LogP contribution in [0.15, 0.2) is 111 Å². The SMILES string of the molecule is C=CCOC(=O)O[C@@H]1[C@@H](OCC=C)[C@@H](OCOC)[C@@H](OP(=O)(OCc2ccccc2)OCc2ccccc2)[C@H](OC(=O)OCC=C)[C@H]1OCC=C. The first-order chi connectivity index (χ1) is 24.8. The van der Waals surface area contributed by atoms with Gasteiger partial charge in [0.1, 0.15) is 44.4 Å². The molecule has 15 heteroatoms. The van der Waals surface area contributed by atoms with Crippen LogP contribution in [-0.2, 0) is 69.2 Å². The number of hydrogen-bond donors (Lipinski definition) is 0. The average molecular weight is 733 g/mol. The summed E-state index contributed by atoms with van der Waals surface area (Å²) in [5.41, 5.74) is 1.32. The molecule has 1 saturated carbocycles. The third-order valence-corrected chi connectivity index (χ3v) is 8.34. The lowest BCUT2D eigenvalue weighted by atomic mass is 9.84. The number of hydrogen-bond acceptors (Lipinski definition) is 14. The summed E-state index contributed by atoms with van der Waals surface area (Å²) in [5, 5.41) is 0. The number of carbonyl (C=O) groups excluding carboxylic acids is 2. The van der Waals surface area contributed by atoms with Crippen molar-refractivity contribution < 1.29 is 65.6 Å². The van der Waals surface area contributed by atoms with Gasteiger partial charge >= 0.3 is 20.1 Å². The number of phosphoric acid groups is 1. The van der Waals surface area contributed by atoms with Crippen molar-refractivity contribution in [3.8, 4) is 0 Å². The minimum Gasteiger partial charge on any atom is -0.430 e. The molecule has 14 nitrogen and oxygen atoms in total. The van der Waals surface area contributed by atoms with Crippen LogP contribution in [0.2, 0.25) is 0 Å². The van der Waals surface area contributed by atoms with Gasteiger partial charge in [-0.2, -0.15) is 0 Å². The van der Waals surface area contributed by atoms with Crippen molar-refractivity contribution >= 4 is 20.1 Å². The molecule has 0 radical (unpaired) electrons. The van der Waals surface area contributed by atoms with Crippen molar-refractivity contribution in [1.29, 1.82) is 0 Å². The molecule has 0 bridgehead atoms. The first kappa shape index (κ1) is 41.3. The van der Waals surface area contributed by atoms with E-state index in [4.69, 9.17) is 51.5 Å². The summed E-state index contributed by atoms with van der Waals surface area (Å²) in [4.78, 5) is 25.9. The first-order valence-corrected chi connectivity index (χ1v) is 17.3. The highest BCUT2D eigenvalue weighted by atomic mass is 31.2.